The lowest BCUT2D eigenvalue weighted by atomic mass is 9.87. The fourth-order valence-electron chi connectivity index (χ4n) is 2.42. The number of rotatable bonds is 6. The zero-order valence-corrected chi connectivity index (χ0v) is 11.5. The zero-order valence-electron chi connectivity index (χ0n) is 11.5. The van der Waals surface area contributed by atoms with Gasteiger partial charge in [-0.3, -0.25) is 9.69 Å². The summed E-state index contributed by atoms with van der Waals surface area (Å²) in [5.41, 5.74) is 2.44. The van der Waals surface area contributed by atoms with Crippen LogP contribution in [-0.2, 0) is 22.7 Å². The second kappa shape index (κ2) is 6.17. The molecule has 0 spiro atoms. The van der Waals surface area contributed by atoms with E-state index in [1.165, 1.54) is 11.1 Å². The van der Waals surface area contributed by atoms with Crippen LogP contribution in [0.1, 0.15) is 18.1 Å². The number of carbonyl (C=O) groups is 1. The SMILES string of the molecule is COCc1ccc(CN2CC(C(C)C(=O)O)C2)cc1. The van der Waals surface area contributed by atoms with Crippen molar-refractivity contribution < 1.29 is 14.6 Å². The van der Waals surface area contributed by atoms with Gasteiger partial charge in [-0.2, -0.15) is 0 Å². The first-order valence-electron chi connectivity index (χ1n) is 6.62. The summed E-state index contributed by atoms with van der Waals surface area (Å²) in [4.78, 5) is 13.2. The van der Waals surface area contributed by atoms with Crippen molar-refractivity contribution in [2.24, 2.45) is 11.8 Å². The van der Waals surface area contributed by atoms with Gasteiger partial charge in [-0.05, 0) is 17.0 Å². The van der Waals surface area contributed by atoms with Gasteiger partial charge in [0.15, 0.2) is 0 Å². The van der Waals surface area contributed by atoms with E-state index in [4.69, 9.17) is 9.84 Å². The molecule has 1 fully saturated rings. The second-order valence-corrected chi connectivity index (χ2v) is 5.33. The van der Waals surface area contributed by atoms with Crippen LogP contribution in [0.5, 0.6) is 0 Å². The van der Waals surface area contributed by atoms with Crippen molar-refractivity contribution in [1.82, 2.24) is 4.90 Å². The molecule has 0 bridgehead atoms. The van der Waals surface area contributed by atoms with Gasteiger partial charge in [-0.1, -0.05) is 31.2 Å². The van der Waals surface area contributed by atoms with Gasteiger partial charge in [0.2, 0.25) is 0 Å². The lowest BCUT2D eigenvalue weighted by Crippen LogP contribution is -2.50. The summed E-state index contributed by atoms with van der Waals surface area (Å²) in [7, 11) is 1.69. The normalized spacial score (nSPS) is 18.0. The van der Waals surface area contributed by atoms with E-state index >= 15 is 0 Å². The van der Waals surface area contributed by atoms with Crippen LogP contribution < -0.4 is 0 Å². The van der Waals surface area contributed by atoms with E-state index < -0.39 is 5.97 Å². The molecule has 0 aliphatic carbocycles. The van der Waals surface area contributed by atoms with Crippen LogP contribution in [0.25, 0.3) is 0 Å². The Morgan fingerprint density at radius 3 is 2.47 bits per heavy atom. The van der Waals surface area contributed by atoms with Crippen LogP contribution in [0.3, 0.4) is 0 Å². The highest BCUT2D eigenvalue weighted by molar-refractivity contribution is 5.70. The van der Waals surface area contributed by atoms with Crippen molar-refractivity contribution >= 4 is 5.97 Å². The van der Waals surface area contributed by atoms with Crippen LogP contribution in [0.2, 0.25) is 0 Å². The van der Waals surface area contributed by atoms with Gasteiger partial charge >= 0.3 is 5.97 Å². The molecule has 1 atom stereocenters. The molecule has 104 valence electrons. The van der Waals surface area contributed by atoms with Crippen molar-refractivity contribution in [1.29, 1.82) is 0 Å². The Kier molecular flexibility index (Phi) is 4.56. The van der Waals surface area contributed by atoms with Crippen LogP contribution in [-0.4, -0.2) is 36.2 Å². The van der Waals surface area contributed by atoms with Gasteiger partial charge in [-0.15, -0.1) is 0 Å². The van der Waals surface area contributed by atoms with Gasteiger partial charge < -0.3 is 9.84 Å². The summed E-state index contributed by atoms with van der Waals surface area (Å²) in [6, 6.07) is 8.39. The average molecular weight is 263 g/mol. The molecule has 1 saturated heterocycles. The molecule has 1 aliphatic rings. The maximum absolute atomic E-state index is 10.9. The summed E-state index contributed by atoms with van der Waals surface area (Å²) in [6.45, 7) is 5.10. The molecule has 0 radical (unpaired) electrons. The van der Waals surface area contributed by atoms with E-state index in [2.05, 4.69) is 29.2 Å². The highest BCUT2D eigenvalue weighted by Gasteiger charge is 2.34. The van der Waals surface area contributed by atoms with E-state index in [1.807, 2.05) is 0 Å². The molecule has 1 aromatic rings. The van der Waals surface area contributed by atoms with E-state index in [-0.39, 0.29) is 5.92 Å². The molecule has 0 aromatic heterocycles. The number of likely N-dealkylation sites (tertiary alicyclic amines) is 1. The molecule has 1 aliphatic heterocycles. The summed E-state index contributed by atoms with van der Waals surface area (Å²) >= 11 is 0. The molecule has 0 amide bonds. The fraction of sp³-hybridized carbons (Fsp3) is 0.533. The van der Waals surface area contributed by atoms with E-state index in [1.54, 1.807) is 14.0 Å². The first-order valence-corrected chi connectivity index (χ1v) is 6.62. The molecular formula is C15H21NO3. The molecule has 1 unspecified atom stereocenters. The van der Waals surface area contributed by atoms with E-state index in [9.17, 15) is 4.79 Å². The standard InChI is InChI=1S/C15H21NO3/c1-11(15(17)18)14-8-16(9-14)7-12-3-5-13(6-4-12)10-19-2/h3-6,11,14H,7-10H2,1-2H3,(H,17,18). The van der Waals surface area contributed by atoms with Gasteiger partial charge in [0.05, 0.1) is 12.5 Å². The molecule has 1 heterocycles. The Morgan fingerprint density at radius 1 is 1.37 bits per heavy atom. The number of hydrogen-bond acceptors (Lipinski definition) is 3. The van der Waals surface area contributed by atoms with E-state index in [0.717, 1.165) is 19.6 Å². The van der Waals surface area contributed by atoms with Crippen LogP contribution in [0.4, 0.5) is 0 Å². The maximum atomic E-state index is 10.9. The Bertz CT molecular complexity index is 424. The summed E-state index contributed by atoms with van der Waals surface area (Å²) in [5.74, 6) is -0.626. The Labute approximate surface area is 114 Å². The maximum Gasteiger partial charge on any atom is 0.306 e. The molecule has 1 aromatic carbocycles. The quantitative estimate of drug-likeness (QED) is 0.852. The van der Waals surface area contributed by atoms with Crippen molar-refractivity contribution in [3.8, 4) is 0 Å². The van der Waals surface area contributed by atoms with Crippen molar-refractivity contribution in [3.63, 3.8) is 0 Å². The minimum Gasteiger partial charge on any atom is -0.481 e. The summed E-state index contributed by atoms with van der Waals surface area (Å²) in [5, 5.41) is 8.94. The highest BCUT2D eigenvalue weighted by atomic mass is 16.5. The predicted octanol–water partition coefficient (Wildman–Crippen LogP) is 1.99. The molecule has 2 rings (SSSR count). The predicted molar refractivity (Wildman–Crippen MR) is 72.7 cm³/mol. The van der Waals surface area contributed by atoms with Crippen LogP contribution in [0.15, 0.2) is 24.3 Å². The van der Waals surface area contributed by atoms with Crippen molar-refractivity contribution in [2.75, 3.05) is 20.2 Å². The number of benzene rings is 1. The van der Waals surface area contributed by atoms with Crippen molar-refractivity contribution in [3.05, 3.63) is 35.4 Å². The minimum atomic E-state index is -0.687. The molecule has 4 nitrogen and oxygen atoms in total. The second-order valence-electron chi connectivity index (χ2n) is 5.33. The minimum absolute atomic E-state index is 0.236. The topological polar surface area (TPSA) is 49.8 Å². The first kappa shape index (κ1) is 14.0. The largest absolute Gasteiger partial charge is 0.481 e. The Morgan fingerprint density at radius 2 is 1.95 bits per heavy atom. The molecule has 1 N–H and O–H groups in total. The zero-order chi connectivity index (χ0) is 13.8. The third-order valence-electron chi connectivity index (χ3n) is 3.82. The number of nitrogens with zero attached hydrogens (tertiary/aromatic N) is 1. The molecule has 4 heteroatoms. The Hall–Kier alpha value is -1.39. The van der Waals surface area contributed by atoms with Gasteiger partial charge in [-0.25, -0.2) is 0 Å². The number of methoxy groups -OCH3 is 1. The van der Waals surface area contributed by atoms with Crippen LogP contribution in [0, 0.1) is 11.8 Å². The number of carboxylic acids is 1. The Balaban J connectivity index is 1.79. The van der Waals surface area contributed by atoms with Crippen LogP contribution >= 0.6 is 0 Å². The lowest BCUT2D eigenvalue weighted by molar-refractivity contribution is -0.145. The summed E-state index contributed by atoms with van der Waals surface area (Å²) < 4.78 is 5.08. The molecule has 19 heavy (non-hydrogen) atoms. The lowest BCUT2D eigenvalue weighted by Gasteiger charge is -2.41. The van der Waals surface area contributed by atoms with E-state index in [0.29, 0.717) is 12.5 Å². The van der Waals surface area contributed by atoms with Gasteiger partial charge in [0, 0.05) is 26.7 Å². The van der Waals surface area contributed by atoms with Gasteiger partial charge in [0.1, 0.15) is 0 Å². The highest BCUT2D eigenvalue weighted by Crippen LogP contribution is 2.25. The fourth-order valence-corrected chi connectivity index (χ4v) is 2.42. The third-order valence-corrected chi connectivity index (χ3v) is 3.82. The van der Waals surface area contributed by atoms with Crippen molar-refractivity contribution in [2.45, 2.75) is 20.1 Å². The summed E-state index contributed by atoms with van der Waals surface area (Å²) in [6.07, 6.45) is 0. The smallest absolute Gasteiger partial charge is 0.306 e. The monoisotopic (exact) mass is 263 g/mol. The third kappa shape index (κ3) is 3.55. The molecule has 0 saturated carbocycles. The number of hydrogen-bond donors (Lipinski definition) is 1. The van der Waals surface area contributed by atoms with Gasteiger partial charge in [0.25, 0.3) is 0 Å². The first-order chi connectivity index (χ1) is 9.10. The number of ether oxygens (including phenoxy) is 1. The average Bonchev–Trinajstić information content (AvgIpc) is 2.34. The number of aliphatic carboxylic acids is 1. The molecular weight excluding hydrogens is 242 g/mol. The number of carboxylic acid groups (broad SMARTS) is 1.